The average Bonchev–Trinajstić information content (AvgIpc) is 2.89. The molecule has 0 aromatic carbocycles. The molecule has 3 heterocycles. The highest BCUT2D eigenvalue weighted by Gasteiger charge is 2.05. The maximum Gasteiger partial charge on any atom is 0.155 e. The highest BCUT2D eigenvalue weighted by molar-refractivity contribution is 5.56. The molecule has 0 saturated carbocycles. The summed E-state index contributed by atoms with van der Waals surface area (Å²) in [5.74, 6) is 0.762. The van der Waals surface area contributed by atoms with Crippen LogP contribution in [0, 0.1) is 6.92 Å². The largest absolute Gasteiger partial charge is 0.264 e. The number of nitrogens with zero attached hydrogens (tertiary/aromatic N) is 5. The molecule has 5 heteroatoms. The van der Waals surface area contributed by atoms with Crippen LogP contribution in [0.2, 0.25) is 0 Å². The minimum absolute atomic E-state index is 0.762. The second kappa shape index (κ2) is 4.37. The Labute approximate surface area is 104 Å². The van der Waals surface area contributed by atoms with E-state index in [1.165, 1.54) is 0 Å². The molecule has 0 bridgehead atoms. The monoisotopic (exact) mass is 237 g/mol. The molecule has 0 N–H and O–H groups in total. The third-order valence-corrected chi connectivity index (χ3v) is 2.56. The van der Waals surface area contributed by atoms with Gasteiger partial charge in [0.05, 0.1) is 6.20 Å². The van der Waals surface area contributed by atoms with Gasteiger partial charge in [-0.05, 0) is 31.2 Å². The lowest BCUT2D eigenvalue weighted by molar-refractivity contribution is 0.778. The normalized spacial score (nSPS) is 10.5. The van der Waals surface area contributed by atoms with Gasteiger partial charge in [0.25, 0.3) is 0 Å². The zero-order valence-electron chi connectivity index (χ0n) is 9.85. The number of aromatic nitrogens is 5. The van der Waals surface area contributed by atoms with E-state index in [4.69, 9.17) is 0 Å². The van der Waals surface area contributed by atoms with Crippen molar-refractivity contribution in [3.8, 4) is 17.1 Å². The molecule has 0 atom stereocenters. The molecule has 0 amide bonds. The molecule has 0 aliphatic heterocycles. The number of aryl methyl sites for hydroxylation is 1. The van der Waals surface area contributed by atoms with Crippen molar-refractivity contribution in [1.29, 1.82) is 0 Å². The summed E-state index contributed by atoms with van der Waals surface area (Å²) in [6.07, 6.45) is 5.34. The first-order valence-corrected chi connectivity index (χ1v) is 5.60. The topological polar surface area (TPSA) is 56.5 Å². The molecule has 0 radical (unpaired) electrons. The van der Waals surface area contributed by atoms with Gasteiger partial charge in [-0.3, -0.25) is 4.98 Å². The lowest BCUT2D eigenvalue weighted by Gasteiger charge is -1.99. The third-order valence-electron chi connectivity index (χ3n) is 2.56. The molecule has 0 saturated heterocycles. The van der Waals surface area contributed by atoms with Crippen LogP contribution in [0.1, 0.15) is 5.69 Å². The van der Waals surface area contributed by atoms with Crippen molar-refractivity contribution in [3.05, 3.63) is 54.6 Å². The Morgan fingerprint density at radius 1 is 1.11 bits per heavy atom. The van der Waals surface area contributed by atoms with Crippen LogP contribution in [0.5, 0.6) is 0 Å². The summed E-state index contributed by atoms with van der Waals surface area (Å²) >= 11 is 0. The molecular weight excluding hydrogens is 226 g/mol. The Bertz CT molecular complexity index is 660. The fourth-order valence-electron chi connectivity index (χ4n) is 1.68. The van der Waals surface area contributed by atoms with E-state index in [0.717, 1.165) is 22.8 Å². The van der Waals surface area contributed by atoms with Crippen LogP contribution in [0.25, 0.3) is 17.1 Å². The van der Waals surface area contributed by atoms with Crippen molar-refractivity contribution < 1.29 is 0 Å². The number of hydrogen-bond acceptors (Lipinski definition) is 4. The van der Waals surface area contributed by atoms with Gasteiger partial charge in [-0.1, -0.05) is 11.3 Å². The van der Waals surface area contributed by atoms with E-state index in [0.29, 0.717) is 0 Å². The third kappa shape index (κ3) is 1.98. The van der Waals surface area contributed by atoms with Crippen LogP contribution in [-0.2, 0) is 0 Å². The first-order valence-electron chi connectivity index (χ1n) is 5.60. The Balaban J connectivity index is 2.00. The standard InChI is InChI=1S/C13H11N5/c1-10-4-2-6-13(15-10)18-9-12(16-17-18)11-5-3-7-14-8-11/h2-9H,1H3. The molecule has 0 unspecified atom stereocenters. The lowest BCUT2D eigenvalue weighted by atomic mass is 10.2. The predicted molar refractivity (Wildman–Crippen MR) is 67.1 cm³/mol. The minimum atomic E-state index is 0.762. The molecule has 3 aromatic heterocycles. The zero-order chi connectivity index (χ0) is 12.4. The van der Waals surface area contributed by atoms with Crippen LogP contribution < -0.4 is 0 Å². The summed E-state index contributed by atoms with van der Waals surface area (Å²) in [6.45, 7) is 1.95. The summed E-state index contributed by atoms with van der Waals surface area (Å²) in [6, 6.07) is 9.62. The van der Waals surface area contributed by atoms with Crippen molar-refractivity contribution >= 4 is 0 Å². The van der Waals surface area contributed by atoms with E-state index in [-0.39, 0.29) is 0 Å². The maximum atomic E-state index is 4.40. The molecular formula is C13H11N5. The minimum Gasteiger partial charge on any atom is -0.264 e. The van der Waals surface area contributed by atoms with Crippen LogP contribution >= 0.6 is 0 Å². The van der Waals surface area contributed by atoms with E-state index in [1.807, 2.05) is 43.5 Å². The van der Waals surface area contributed by atoms with E-state index in [1.54, 1.807) is 17.1 Å². The van der Waals surface area contributed by atoms with E-state index < -0.39 is 0 Å². The van der Waals surface area contributed by atoms with E-state index in [2.05, 4.69) is 20.3 Å². The Morgan fingerprint density at radius 3 is 2.83 bits per heavy atom. The van der Waals surface area contributed by atoms with Crippen molar-refractivity contribution in [1.82, 2.24) is 25.0 Å². The van der Waals surface area contributed by atoms with Crippen molar-refractivity contribution in [3.63, 3.8) is 0 Å². The number of hydrogen-bond donors (Lipinski definition) is 0. The highest BCUT2D eigenvalue weighted by Crippen LogP contribution is 2.15. The molecule has 0 aliphatic carbocycles. The van der Waals surface area contributed by atoms with Crippen molar-refractivity contribution in [2.75, 3.05) is 0 Å². The fraction of sp³-hybridized carbons (Fsp3) is 0.0769. The van der Waals surface area contributed by atoms with Crippen molar-refractivity contribution in [2.45, 2.75) is 6.92 Å². The van der Waals surface area contributed by atoms with E-state index >= 15 is 0 Å². The van der Waals surface area contributed by atoms with Crippen LogP contribution in [-0.4, -0.2) is 25.0 Å². The van der Waals surface area contributed by atoms with Crippen LogP contribution in [0.4, 0.5) is 0 Å². The van der Waals surface area contributed by atoms with Gasteiger partial charge in [0.15, 0.2) is 5.82 Å². The summed E-state index contributed by atoms with van der Waals surface area (Å²) in [4.78, 5) is 8.46. The fourth-order valence-corrected chi connectivity index (χ4v) is 1.68. The van der Waals surface area contributed by atoms with Gasteiger partial charge in [0, 0.05) is 23.7 Å². The Hall–Kier alpha value is -2.56. The van der Waals surface area contributed by atoms with Crippen LogP contribution in [0.15, 0.2) is 48.9 Å². The summed E-state index contributed by atoms with van der Waals surface area (Å²) in [7, 11) is 0. The van der Waals surface area contributed by atoms with Gasteiger partial charge in [0.1, 0.15) is 5.69 Å². The van der Waals surface area contributed by atoms with Gasteiger partial charge in [-0.2, -0.15) is 0 Å². The average molecular weight is 237 g/mol. The number of pyridine rings is 2. The molecule has 88 valence electrons. The second-order valence-corrected chi connectivity index (χ2v) is 3.93. The Kier molecular flexibility index (Phi) is 2.57. The van der Waals surface area contributed by atoms with Crippen molar-refractivity contribution in [2.24, 2.45) is 0 Å². The first kappa shape index (κ1) is 10.6. The molecule has 0 aliphatic rings. The van der Waals surface area contributed by atoms with Gasteiger partial charge in [-0.25, -0.2) is 9.67 Å². The maximum absolute atomic E-state index is 4.40. The number of rotatable bonds is 2. The summed E-state index contributed by atoms with van der Waals surface area (Å²) in [5, 5.41) is 8.21. The first-order chi connectivity index (χ1) is 8.83. The molecule has 3 aromatic rings. The molecule has 5 nitrogen and oxygen atoms in total. The molecule has 18 heavy (non-hydrogen) atoms. The smallest absolute Gasteiger partial charge is 0.155 e. The molecule has 0 spiro atoms. The van der Waals surface area contributed by atoms with Gasteiger partial charge in [0.2, 0.25) is 0 Å². The van der Waals surface area contributed by atoms with Crippen LogP contribution in [0.3, 0.4) is 0 Å². The Morgan fingerprint density at radius 2 is 2.06 bits per heavy atom. The van der Waals surface area contributed by atoms with Gasteiger partial charge < -0.3 is 0 Å². The quantitative estimate of drug-likeness (QED) is 0.684. The second-order valence-electron chi connectivity index (χ2n) is 3.93. The summed E-state index contributed by atoms with van der Waals surface area (Å²) < 4.78 is 1.66. The predicted octanol–water partition coefficient (Wildman–Crippen LogP) is 2.03. The lowest BCUT2D eigenvalue weighted by Crippen LogP contribution is -1.98. The van der Waals surface area contributed by atoms with E-state index in [9.17, 15) is 0 Å². The van der Waals surface area contributed by atoms with Gasteiger partial charge in [-0.15, -0.1) is 5.10 Å². The summed E-state index contributed by atoms with van der Waals surface area (Å²) in [5.41, 5.74) is 2.67. The van der Waals surface area contributed by atoms with Gasteiger partial charge >= 0.3 is 0 Å². The zero-order valence-corrected chi connectivity index (χ0v) is 9.85. The molecule has 3 rings (SSSR count). The SMILES string of the molecule is Cc1cccc(-n2cc(-c3cccnc3)nn2)n1. The highest BCUT2D eigenvalue weighted by atomic mass is 15.4. The molecule has 0 fully saturated rings.